The van der Waals surface area contributed by atoms with Gasteiger partial charge in [-0.3, -0.25) is 0 Å². The van der Waals surface area contributed by atoms with E-state index in [0.29, 0.717) is 27.2 Å². The number of hydrogen-bond acceptors (Lipinski definition) is 6. The molecular weight excluding hydrogens is 307 g/mol. The summed E-state index contributed by atoms with van der Waals surface area (Å²) in [5, 5.41) is 1.03. The highest BCUT2D eigenvalue weighted by Crippen LogP contribution is 2.38. The predicted octanol–water partition coefficient (Wildman–Crippen LogP) is 3.71. The van der Waals surface area contributed by atoms with Gasteiger partial charge in [-0.1, -0.05) is 35.2 Å². The molecule has 0 unspecified atom stereocenters. The number of halogens is 1. The van der Waals surface area contributed by atoms with E-state index in [0.717, 1.165) is 4.88 Å². The van der Waals surface area contributed by atoms with Gasteiger partial charge in [-0.25, -0.2) is 19.3 Å². The molecule has 0 radical (unpaired) electrons. The maximum absolute atomic E-state index is 14.0. The van der Waals surface area contributed by atoms with Crippen LogP contribution in [-0.4, -0.2) is 21.2 Å². The SMILES string of the molecule is CSc1nccc(-c2sc(N)nc2-c2ccccc2F)n1. The van der Waals surface area contributed by atoms with Crippen LogP contribution in [0.1, 0.15) is 0 Å². The van der Waals surface area contributed by atoms with Crippen LogP contribution in [0.3, 0.4) is 0 Å². The first-order valence-electron chi connectivity index (χ1n) is 6.07. The fourth-order valence-corrected chi connectivity index (χ4v) is 3.08. The fourth-order valence-electron chi connectivity index (χ4n) is 1.91. The van der Waals surface area contributed by atoms with Crippen LogP contribution in [-0.2, 0) is 0 Å². The number of anilines is 1. The summed E-state index contributed by atoms with van der Waals surface area (Å²) in [5.74, 6) is -0.330. The van der Waals surface area contributed by atoms with Crippen molar-refractivity contribution >= 4 is 28.2 Å². The van der Waals surface area contributed by atoms with Crippen LogP contribution >= 0.6 is 23.1 Å². The van der Waals surface area contributed by atoms with Crippen molar-refractivity contribution in [3.63, 3.8) is 0 Å². The van der Waals surface area contributed by atoms with Gasteiger partial charge in [0.1, 0.15) is 5.82 Å². The van der Waals surface area contributed by atoms with Crippen LogP contribution in [0.5, 0.6) is 0 Å². The fraction of sp³-hybridized carbons (Fsp3) is 0.0714. The van der Waals surface area contributed by atoms with E-state index >= 15 is 0 Å². The Hall–Kier alpha value is -1.99. The van der Waals surface area contributed by atoms with E-state index in [1.807, 2.05) is 6.26 Å². The maximum Gasteiger partial charge on any atom is 0.187 e. The summed E-state index contributed by atoms with van der Waals surface area (Å²) >= 11 is 2.74. The zero-order valence-electron chi connectivity index (χ0n) is 11.1. The molecule has 4 nitrogen and oxygen atoms in total. The normalized spacial score (nSPS) is 10.8. The molecule has 3 rings (SSSR count). The summed E-state index contributed by atoms with van der Waals surface area (Å²) in [6, 6.07) is 8.28. The van der Waals surface area contributed by atoms with Crippen LogP contribution in [0.25, 0.3) is 21.8 Å². The summed E-state index contributed by atoms with van der Waals surface area (Å²) < 4.78 is 14.0. The van der Waals surface area contributed by atoms with E-state index in [2.05, 4.69) is 15.0 Å². The number of nitrogens with zero attached hydrogens (tertiary/aromatic N) is 3. The molecule has 0 saturated carbocycles. The molecule has 0 atom stereocenters. The Bertz CT molecular complexity index is 788. The van der Waals surface area contributed by atoms with Crippen molar-refractivity contribution in [3.05, 3.63) is 42.3 Å². The van der Waals surface area contributed by atoms with Crippen molar-refractivity contribution in [2.24, 2.45) is 0 Å². The molecule has 0 spiro atoms. The number of hydrogen-bond donors (Lipinski definition) is 1. The summed E-state index contributed by atoms with van der Waals surface area (Å²) in [7, 11) is 0. The average Bonchev–Trinajstić information content (AvgIpc) is 2.89. The molecule has 7 heteroatoms. The first-order valence-corrected chi connectivity index (χ1v) is 8.12. The van der Waals surface area contributed by atoms with Gasteiger partial charge < -0.3 is 5.73 Å². The second-order valence-electron chi connectivity index (χ2n) is 4.14. The number of nitrogen functional groups attached to an aromatic ring is 1. The molecule has 0 bridgehead atoms. The Balaban J connectivity index is 2.18. The molecule has 0 aliphatic heterocycles. The van der Waals surface area contributed by atoms with Crippen LogP contribution in [0.2, 0.25) is 0 Å². The van der Waals surface area contributed by atoms with E-state index in [1.54, 1.807) is 30.5 Å². The largest absolute Gasteiger partial charge is 0.375 e. The van der Waals surface area contributed by atoms with E-state index in [9.17, 15) is 4.39 Å². The number of rotatable bonds is 3. The molecule has 0 aliphatic rings. The summed E-state index contributed by atoms with van der Waals surface area (Å²) in [5.41, 5.74) is 7.44. The van der Waals surface area contributed by atoms with Crippen LogP contribution in [0.15, 0.2) is 41.7 Å². The van der Waals surface area contributed by atoms with Crippen LogP contribution in [0, 0.1) is 5.82 Å². The van der Waals surface area contributed by atoms with E-state index in [-0.39, 0.29) is 5.82 Å². The zero-order chi connectivity index (χ0) is 14.8. The average molecular weight is 318 g/mol. The van der Waals surface area contributed by atoms with Crippen molar-refractivity contribution in [1.82, 2.24) is 15.0 Å². The Labute approximate surface area is 129 Å². The summed E-state index contributed by atoms with van der Waals surface area (Å²) in [6.07, 6.45) is 3.58. The highest BCUT2D eigenvalue weighted by atomic mass is 32.2. The topological polar surface area (TPSA) is 64.7 Å². The highest BCUT2D eigenvalue weighted by Gasteiger charge is 2.17. The van der Waals surface area contributed by atoms with Gasteiger partial charge in [-0.2, -0.15) is 0 Å². The van der Waals surface area contributed by atoms with Gasteiger partial charge in [0.05, 0.1) is 16.3 Å². The molecular formula is C14H11FN4S2. The number of aromatic nitrogens is 3. The van der Waals surface area contributed by atoms with Gasteiger partial charge in [0.2, 0.25) is 0 Å². The minimum absolute atomic E-state index is 0.330. The minimum atomic E-state index is -0.330. The van der Waals surface area contributed by atoms with Crippen molar-refractivity contribution in [1.29, 1.82) is 0 Å². The second-order valence-corrected chi connectivity index (χ2v) is 5.94. The van der Waals surface area contributed by atoms with Crippen LogP contribution < -0.4 is 5.73 Å². The van der Waals surface area contributed by atoms with Gasteiger partial charge in [0.25, 0.3) is 0 Å². The molecule has 106 valence electrons. The lowest BCUT2D eigenvalue weighted by molar-refractivity contribution is 0.631. The lowest BCUT2D eigenvalue weighted by atomic mass is 10.1. The predicted molar refractivity (Wildman–Crippen MR) is 84.7 cm³/mol. The van der Waals surface area contributed by atoms with Crippen molar-refractivity contribution in [2.75, 3.05) is 12.0 Å². The molecule has 0 aliphatic carbocycles. The molecule has 21 heavy (non-hydrogen) atoms. The van der Waals surface area contributed by atoms with Crippen LogP contribution in [0.4, 0.5) is 9.52 Å². The smallest absolute Gasteiger partial charge is 0.187 e. The van der Waals surface area contributed by atoms with Gasteiger partial charge in [0, 0.05) is 11.8 Å². The monoisotopic (exact) mass is 318 g/mol. The summed E-state index contributed by atoms with van der Waals surface area (Å²) in [4.78, 5) is 13.6. The number of thiazole rings is 1. The number of thioether (sulfide) groups is 1. The Morgan fingerprint density at radius 1 is 1.19 bits per heavy atom. The first kappa shape index (κ1) is 14.0. The summed E-state index contributed by atoms with van der Waals surface area (Å²) in [6.45, 7) is 0. The molecule has 3 aromatic rings. The Morgan fingerprint density at radius 3 is 2.76 bits per heavy atom. The van der Waals surface area contributed by atoms with Gasteiger partial charge in [-0.05, 0) is 24.5 Å². The molecule has 2 heterocycles. The van der Waals surface area contributed by atoms with Crippen molar-refractivity contribution in [2.45, 2.75) is 5.16 Å². The maximum atomic E-state index is 14.0. The second kappa shape index (κ2) is 5.79. The highest BCUT2D eigenvalue weighted by molar-refractivity contribution is 7.98. The molecule has 0 fully saturated rings. The third-order valence-electron chi connectivity index (χ3n) is 2.82. The first-order chi connectivity index (χ1) is 10.2. The van der Waals surface area contributed by atoms with E-state index in [1.165, 1.54) is 29.2 Å². The molecule has 0 amide bonds. The quantitative estimate of drug-likeness (QED) is 0.589. The molecule has 1 aromatic carbocycles. The van der Waals surface area contributed by atoms with Gasteiger partial charge >= 0.3 is 0 Å². The third kappa shape index (κ3) is 2.74. The van der Waals surface area contributed by atoms with Gasteiger partial charge in [0.15, 0.2) is 10.3 Å². The lowest BCUT2D eigenvalue weighted by Crippen LogP contribution is -1.91. The van der Waals surface area contributed by atoms with E-state index in [4.69, 9.17) is 5.73 Å². The third-order valence-corrected chi connectivity index (χ3v) is 4.29. The van der Waals surface area contributed by atoms with E-state index < -0.39 is 0 Å². The minimum Gasteiger partial charge on any atom is -0.375 e. The molecule has 2 aromatic heterocycles. The Morgan fingerprint density at radius 2 is 2.00 bits per heavy atom. The number of benzene rings is 1. The zero-order valence-corrected chi connectivity index (χ0v) is 12.7. The molecule has 0 saturated heterocycles. The molecule has 2 N–H and O–H groups in total. The van der Waals surface area contributed by atoms with Crippen molar-refractivity contribution in [3.8, 4) is 21.8 Å². The Kier molecular flexibility index (Phi) is 3.85. The van der Waals surface area contributed by atoms with Gasteiger partial charge in [-0.15, -0.1) is 0 Å². The lowest BCUT2D eigenvalue weighted by Gasteiger charge is -2.04. The number of nitrogens with two attached hydrogens (primary N) is 1. The van der Waals surface area contributed by atoms with Crippen molar-refractivity contribution < 1.29 is 4.39 Å². The standard InChI is InChI=1S/C14H11FN4S2/c1-20-14-17-7-6-10(18-14)12-11(19-13(16)21-12)8-4-2-3-5-9(8)15/h2-7H,1H3,(H2,16,19).